The number of piperidine rings is 1. The molecule has 0 bridgehead atoms. The molecule has 0 aromatic carbocycles. The number of fused-ring (bicyclic) bond motifs is 1. The topological polar surface area (TPSA) is 16.1 Å². The molecule has 1 saturated heterocycles. The molecule has 1 spiro atoms. The molecule has 0 atom stereocenters. The van der Waals surface area contributed by atoms with Gasteiger partial charge in [-0.3, -0.25) is 4.98 Å². The van der Waals surface area contributed by atoms with Crippen molar-refractivity contribution < 1.29 is 0 Å². The lowest BCUT2D eigenvalue weighted by atomic mass is 9.76. The second kappa shape index (κ2) is 4.09. The van der Waals surface area contributed by atoms with Gasteiger partial charge in [-0.1, -0.05) is 6.07 Å². The predicted molar refractivity (Wildman–Crippen MR) is 70.0 cm³/mol. The van der Waals surface area contributed by atoms with E-state index in [0.29, 0.717) is 11.5 Å². The van der Waals surface area contributed by atoms with E-state index in [9.17, 15) is 0 Å². The van der Waals surface area contributed by atoms with Crippen LogP contribution in [0.4, 0.5) is 0 Å². The smallest absolute Gasteiger partial charge is 0.0441 e. The molecule has 17 heavy (non-hydrogen) atoms. The minimum atomic E-state index is 0.544. The van der Waals surface area contributed by atoms with E-state index in [1.165, 1.54) is 50.0 Å². The van der Waals surface area contributed by atoms with Crippen molar-refractivity contribution in [2.75, 3.05) is 13.1 Å². The summed E-state index contributed by atoms with van der Waals surface area (Å²) in [4.78, 5) is 7.16. The second-order valence-electron chi connectivity index (χ2n) is 6.09. The molecule has 2 heterocycles. The van der Waals surface area contributed by atoms with Gasteiger partial charge >= 0.3 is 0 Å². The lowest BCUT2D eigenvalue weighted by Gasteiger charge is -2.41. The molecule has 2 nitrogen and oxygen atoms in total. The number of pyridine rings is 1. The van der Waals surface area contributed by atoms with E-state index in [1.54, 1.807) is 0 Å². The number of hydrogen-bond donors (Lipinski definition) is 0. The molecular weight excluding hydrogens is 208 g/mol. The van der Waals surface area contributed by atoms with Gasteiger partial charge < -0.3 is 4.90 Å². The summed E-state index contributed by atoms with van der Waals surface area (Å²) < 4.78 is 0. The van der Waals surface area contributed by atoms with Gasteiger partial charge in [0, 0.05) is 17.9 Å². The largest absolute Gasteiger partial charge is 0.301 e. The highest BCUT2D eigenvalue weighted by Gasteiger charge is 2.40. The zero-order valence-corrected chi connectivity index (χ0v) is 10.9. The van der Waals surface area contributed by atoms with Crippen LogP contribution in [0.2, 0.25) is 0 Å². The zero-order valence-electron chi connectivity index (χ0n) is 10.9. The first-order chi connectivity index (χ1) is 8.19. The maximum Gasteiger partial charge on any atom is 0.0441 e. The normalized spacial score (nSPS) is 23.2. The molecule has 2 heteroatoms. The number of hydrogen-bond acceptors (Lipinski definition) is 2. The third-order valence-electron chi connectivity index (χ3n) is 4.68. The summed E-state index contributed by atoms with van der Waals surface area (Å²) in [5.74, 6) is 0. The van der Waals surface area contributed by atoms with Crippen LogP contribution in [-0.2, 0) is 12.8 Å². The van der Waals surface area contributed by atoms with Crippen molar-refractivity contribution in [3.05, 3.63) is 29.6 Å². The molecule has 0 saturated carbocycles. The van der Waals surface area contributed by atoms with E-state index >= 15 is 0 Å². The van der Waals surface area contributed by atoms with Crippen LogP contribution in [0.3, 0.4) is 0 Å². The van der Waals surface area contributed by atoms with Crippen molar-refractivity contribution in [1.29, 1.82) is 0 Å². The summed E-state index contributed by atoms with van der Waals surface area (Å²) in [6, 6.07) is 5.06. The maximum atomic E-state index is 4.55. The summed E-state index contributed by atoms with van der Waals surface area (Å²) >= 11 is 0. The Labute approximate surface area is 104 Å². The summed E-state index contributed by atoms with van der Waals surface area (Å²) in [6.45, 7) is 7.16. The number of aromatic nitrogens is 1. The number of rotatable bonds is 1. The van der Waals surface area contributed by atoms with Crippen LogP contribution in [0.5, 0.6) is 0 Å². The standard InChI is InChI=1S/C15H22N2/c1-12(2)17-8-5-15(6-9-17)10-13-4-3-7-16-14(13)11-15/h3-4,7,12H,5-6,8-11H2,1-2H3. The minimum absolute atomic E-state index is 0.544. The highest BCUT2D eigenvalue weighted by Crippen LogP contribution is 2.43. The third-order valence-corrected chi connectivity index (χ3v) is 4.68. The van der Waals surface area contributed by atoms with Gasteiger partial charge in [0.2, 0.25) is 0 Å². The first-order valence-electron chi connectivity index (χ1n) is 6.85. The van der Waals surface area contributed by atoms with E-state index in [4.69, 9.17) is 0 Å². The Balaban J connectivity index is 1.72. The van der Waals surface area contributed by atoms with Crippen molar-refractivity contribution in [3.63, 3.8) is 0 Å². The van der Waals surface area contributed by atoms with Gasteiger partial charge in [0.1, 0.15) is 0 Å². The van der Waals surface area contributed by atoms with Crippen molar-refractivity contribution in [3.8, 4) is 0 Å². The van der Waals surface area contributed by atoms with Crippen LogP contribution in [0.15, 0.2) is 18.3 Å². The SMILES string of the molecule is CC(C)N1CCC2(CC1)Cc1cccnc1C2. The molecule has 2 aliphatic rings. The fraction of sp³-hybridized carbons (Fsp3) is 0.667. The van der Waals surface area contributed by atoms with Gasteiger partial charge in [-0.05, 0) is 69.7 Å². The van der Waals surface area contributed by atoms with Crippen LogP contribution < -0.4 is 0 Å². The van der Waals surface area contributed by atoms with Gasteiger partial charge in [-0.25, -0.2) is 0 Å². The molecule has 3 rings (SSSR count). The van der Waals surface area contributed by atoms with Crippen LogP contribution in [0, 0.1) is 5.41 Å². The van der Waals surface area contributed by atoms with Crippen molar-refractivity contribution in [1.82, 2.24) is 9.88 Å². The van der Waals surface area contributed by atoms with Crippen LogP contribution in [0.25, 0.3) is 0 Å². The van der Waals surface area contributed by atoms with Gasteiger partial charge in [0.25, 0.3) is 0 Å². The Bertz CT molecular complexity index is 376. The number of likely N-dealkylation sites (tertiary alicyclic amines) is 1. The Hall–Kier alpha value is -0.890. The van der Waals surface area contributed by atoms with Crippen molar-refractivity contribution in [2.24, 2.45) is 5.41 Å². The monoisotopic (exact) mass is 230 g/mol. The Morgan fingerprint density at radius 3 is 2.65 bits per heavy atom. The van der Waals surface area contributed by atoms with Gasteiger partial charge in [0.05, 0.1) is 0 Å². The average molecular weight is 230 g/mol. The molecule has 1 aromatic heterocycles. The van der Waals surface area contributed by atoms with Gasteiger partial charge in [-0.2, -0.15) is 0 Å². The second-order valence-corrected chi connectivity index (χ2v) is 6.09. The highest BCUT2D eigenvalue weighted by atomic mass is 15.2. The predicted octanol–water partition coefficient (Wildman–Crippen LogP) is 2.67. The summed E-state index contributed by atoms with van der Waals surface area (Å²) in [7, 11) is 0. The van der Waals surface area contributed by atoms with Crippen LogP contribution >= 0.6 is 0 Å². The van der Waals surface area contributed by atoms with Gasteiger partial charge in [-0.15, -0.1) is 0 Å². The summed E-state index contributed by atoms with van der Waals surface area (Å²) in [5.41, 5.74) is 3.42. The quantitative estimate of drug-likeness (QED) is 0.737. The summed E-state index contributed by atoms with van der Waals surface area (Å²) in [6.07, 6.45) is 7.13. The summed E-state index contributed by atoms with van der Waals surface area (Å²) in [5, 5.41) is 0. The first kappa shape index (κ1) is 11.2. The molecule has 0 radical (unpaired) electrons. The molecule has 1 aromatic rings. The molecule has 92 valence electrons. The Morgan fingerprint density at radius 1 is 1.24 bits per heavy atom. The fourth-order valence-electron chi connectivity index (χ4n) is 3.48. The van der Waals surface area contributed by atoms with E-state index < -0.39 is 0 Å². The molecule has 0 amide bonds. The third kappa shape index (κ3) is 1.99. The highest BCUT2D eigenvalue weighted by molar-refractivity contribution is 5.28. The molecule has 1 fully saturated rings. The van der Waals surface area contributed by atoms with Crippen LogP contribution in [0.1, 0.15) is 37.9 Å². The molecular formula is C15H22N2. The van der Waals surface area contributed by atoms with E-state index in [0.717, 1.165) is 0 Å². The Kier molecular flexibility index (Phi) is 2.70. The Morgan fingerprint density at radius 2 is 2.00 bits per heavy atom. The van der Waals surface area contributed by atoms with E-state index in [2.05, 4.69) is 35.9 Å². The first-order valence-corrected chi connectivity index (χ1v) is 6.85. The lowest BCUT2D eigenvalue weighted by molar-refractivity contribution is 0.0891. The maximum absolute atomic E-state index is 4.55. The molecule has 0 N–H and O–H groups in total. The molecule has 1 aliphatic carbocycles. The molecule has 0 unspecified atom stereocenters. The zero-order chi connectivity index (χ0) is 11.9. The van der Waals surface area contributed by atoms with Crippen LogP contribution in [-0.4, -0.2) is 29.0 Å². The van der Waals surface area contributed by atoms with Crippen molar-refractivity contribution in [2.45, 2.75) is 45.6 Å². The number of nitrogens with zero attached hydrogens (tertiary/aromatic N) is 2. The average Bonchev–Trinajstić information content (AvgIpc) is 2.67. The van der Waals surface area contributed by atoms with E-state index in [1.807, 2.05) is 6.20 Å². The lowest BCUT2D eigenvalue weighted by Crippen LogP contribution is -2.43. The fourth-order valence-corrected chi connectivity index (χ4v) is 3.48. The molecule has 1 aliphatic heterocycles. The van der Waals surface area contributed by atoms with Gasteiger partial charge in [0.15, 0.2) is 0 Å². The minimum Gasteiger partial charge on any atom is -0.301 e. The van der Waals surface area contributed by atoms with E-state index in [-0.39, 0.29) is 0 Å². The van der Waals surface area contributed by atoms with Crippen molar-refractivity contribution >= 4 is 0 Å².